The number of para-hydroxylation sites is 1. The first-order chi connectivity index (χ1) is 19.6. The number of nitrogens with zero attached hydrogens (tertiary/aromatic N) is 2. The van der Waals surface area contributed by atoms with Gasteiger partial charge in [-0.15, -0.1) is 0 Å². The number of benzene rings is 3. The Morgan fingerprint density at radius 3 is 2.48 bits per heavy atom. The SMILES string of the molecule is COc1ccc(C(CC(=O)NCCc2ccccn2)c2cn(Cc3ccc(F)cc3)c3ccccc23)cc1OC. The number of fused-ring (bicyclic) bond motifs is 1. The van der Waals surface area contributed by atoms with Gasteiger partial charge in [0.2, 0.25) is 5.91 Å². The Kier molecular flexibility index (Phi) is 8.40. The zero-order chi connectivity index (χ0) is 27.9. The molecule has 0 spiro atoms. The first-order valence-corrected chi connectivity index (χ1v) is 13.3. The number of halogens is 1. The summed E-state index contributed by atoms with van der Waals surface area (Å²) in [4.78, 5) is 17.6. The molecular formula is C33H32FN3O3. The van der Waals surface area contributed by atoms with Crippen molar-refractivity contribution < 1.29 is 18.7 Å². The third-order valence-corrected chi connectivity index (χ3v) is 7.09. The van der Waals surface area contributed by atoms with Crippen molar-refractivity contribution >= 4 is 16.8 Å². The van der Waals surface area contributed by atoms with Crippen molar-refractivity contribution in [2.75, 3.05) is 20.8 Å². The molecule has 0 fully saturated rings. The molecule has 0 aliphatic heterocycles. The van der Waals surface area contributed by atoms with Crippen LogP contribution in [0.5, 0.6) is 11.5 Å². The van der Waals surface area contributed by atoms with Crippen LogP contribution in [0.2, 0.25) is 0 Å². The molecule has 3 aromatic carbocycles. The van der Waals surface area contributed by atoms with Gasteiger partial charge in [0, 0.05) is 60.8 Å². The number of ether oxygens (including phenoxy) is 2. The maximum absolute atomic E-state index is 13.5. The van der Waals surface area contributed by atoms with Gasteiger partial charge >= 0.3 is 0 Å². The van der Waals surface area contributed by atoms with Gasteiger partial charge in [-0.25, -0.2) is 4.39 Å². The van der Waals surface area contributed by atoms with Gasteiger partial charge in [0.05, 0.1) is 14.2 Å². The molecule has 1 N–H and O–H groups in total. The monoisotopic (exact) mass is 537 g/mol. The van der Waals surface area contributed by atoms with Gasteiger partial charge in [0.1, 0.15) is 5.82 Å². The van der Waals surface area contributed by atoms with E-state index in [1.54, 1.807) is 32.5 Å². The van der Waals surface area contributed by atoms with E-state index in [4.69, 9.17) is 9.47 Å². The van der Waals surface area contributed by atoms with Crippen LogP contribution < -0.4 is 14.8 Å². The van der Waals surface area contributed by atoms with Crippen LogP contribution in [0.15, 0.2) is 97.3 Å². The van der Waals surface area contributed by atoms with Crippen LogP contribution in [-0.2, 0) is 17.8 Å². The van der Waals surface area contributed by atoms with Crippen LogP contribution in [0.1, 0.15) is 34.7 Å². The van der Waals surface area contributed by atoms with E-state index >= 15 is 0 Å². The van der Waals surface area contributed by atoms with E-state index in [0.717, 1.165) is 33.3 Å². The van der Waals surface area contributed by atoms with Gasteiger partial charge in [-0.2, -0.15) is 0 Å². The predicted molar refractivity (Wildman–Crippen MR) is 154 cm³/mol. The minimum atomic E-state index is -0.260. The van der Waals surface area contributed by atoms with Crippen molar-refractivity contribution in [2.24, 2.45) is 0 Å². The summed E-state index contributed by atoms with van der Waals surface area (Å²) in [5.41, 5.74) is 4.95. The quantitative estimate of drug-likeness (QED) is 0.220. The third-order valence-electron chi connectivity index (χ3n) is 7.09. The molecule has 40 heavy (non-hydrogen) atoms. The summed E-state index contributed by atoms with van der Waals surface area (Å²) in [6.45, 7) is 1.08. The molecule has 1 unspecified atom stereocenters. The number of hydrogen-bond donors (Lipinski definition) is 1. The molecule has 5 rings (SSSR count). The second kappa shape index (κ2) is 12.5. The summed E-state index contributed by atoms with van der Waals surface area (Å²) in [6.07, 6.45) is 4.77. The Hall–Kier alpha value is -4.65. The van der Waals surface area contributed by atoms with Crippen LogP contribution in [0.4, 0.5) is 4.39 Å². The Labute approximate surface area is 233 Å². The van der Waals surface area contributed by atoms with Gasteiger partial charge < -0.3 is 19.4 Å². The van der Waals surface area contributed by atoms with E-state index in [-0.39, 0.29) is 24.1 Å². The summed E-state index contributed by atoms with van der Waals surface area (Å²) in [7, 11) is 3.21. The summed E-state index contributed by atoms with van der Waals surface area (Å²) >= 11 is 0. The van der Waals surface area contributed by atoms with E-state index in [1.807, 2.05) is 48.5 Å². The highest BCUT2D eigenvalue weighted by atomic mass is 19.1. The van der Waals surface area contributed by atoms with Crippen molar-refractivity contribution in [2.45, 2.75) is 25.3 Å². The zero-order valence-electron chi connectivity index (χ0n) is 22.6. The van der Waals surface area contributed by atoms with E-state index in [0.29, 0.717) is 31.0 Å². The lowest BCUT2D eigenvalue weighted by molar-refractivity contribution is -0.121. The molecule has 0 saturated heterocycles. The molecule has 5 aromatic rings. The number of carbonyl (C=O) groups excluding carboxylic acids is 1. The number of aromatic nitrogens is 2. The molecule has 2 heterocycles. The number of rotatable bonds is 11. The minimum Gasteiger partial charge on any atom is -0.493 e. The molecule has 204 valence electrons. The van der Waals surface area contributed by atoms with Crippen molar-refractivity contribution in [3.63, 3.8) is 0 Å². The lowest BCUT2D eigenvalue weighted by atomic mass is 9.87. The summed E-state index contributed by atoms with van der Waals surface area (Å²) in [5, 5.41) is 4.14. The van der Waals surface area contributed by atoms with E-state index in [1.165, 1.54) is 12.1 Å². The predicted octanol–water partition coefficient (Wildman–Crippen LogP) is 6.12. The first kappa shape index (κ1) is 26.9. The molecule has 7 heteroatoms. The smallest absolute Gasteiger partial charge is 0.220 e. The highest BCUT2D eigenvalue weighted by Crippen LogP contribution is 2.38. The minimum absolute atomic E-state index is 0.0499. The lowest BCUT2D eigenvalue weighted by Crippen LogP contribution is -2.27. The standard InChI is InChI=1S/C33H32FN3O3/c1-39-31-15-12-24(19-32(31)40-2)28(20-33(38)36-18-16-26-7-5-6-17-35-26)29-22-37(30-9-4-3-8-27(29)30)21-23-10-13-25(34)14-11-23/h3-15,17,19,22,28H,16,18,20-21H2,1-2H3,(H,36,38). The molecule has 0 aliphatic rings. The molecule has 2 aromatic heterocycles. The molecule has 0 bridgehead atoms. The number of methoxy groups -OCH3 is 2. The second-order valence-electron chi connectivity index (χ2n) is 9.65. The van der Waals surface area contributed by atoms with Gasteiger partial charge in [-0.1, -0.05) is 42.5 Å². The molecular weight excluding hydrogens is 505 g/mol. The first-order valence-electron chi connectivity index (χ1n) is 13.3. The van der Waals surface area contributed by atoms with Crippen molar-refractivity contribution in [1.82, 2.24) is 14.9 Å². The summed E-state index contributed by atoms with van der Waals surface area (Å²) < 4.78 is 26.7. The number of amides is 1. The van der Waals surface area contributed by atoms with Crippen LogP contribution in [-0.4, -0.2) is 36.2 Å². The molecule has 1 atom stereocenters. The fourth-order valence-electron chi connectivity index (χ4n) is 5.08. The normalized spacial score (nSPS) is 11.8. The maximum atomic E-state index is 13.5. The van der Waals surface area contributed by atoms with Crippen LogP contribution in [0.25, 0.3) is 10.9 Å². The average Bonchev–Trinajstić information content (AvgIpc) is 3.35. The Balaban J connectivity index is 1.49. The molecule has 6 nitrogen and oxygen atoms in total. The third kappa shape index (κ3) is 6.15. The Morgan fingerprint density at radius 2 is 1.73 bits per heavy atom. The van der Waals surface area contributed by atoms with Crippen LogP contribution in [0.3, 0.4) is 0 Å². The van der Waals surface area contributed by atoms with Gasteiger partial charge in [0.15, 0.2) is 11.5 Å². The zero-order valence-corrected chi connectivity index (χ0v) is 22.6. The van der Waals surface area contributed by atoms with Gasteiger partial charge in [-0.05, 0) is 59.2 Å². The summed E-state index contributed by atoms with van der Waals surface area (Å²) in [6, 6.07) is 26.3. The van der Waals surface area contributed by atoms with Crippen molar-refractivity contribution in [3.8, 4) is 11.5 Å². The Morgan fingerprint density at radius 1 is 0.950 bits per heavy atom. The number of pyridine rings is 1. The molecule has 0 aliphatic carbocycles. The van der Waals surface area contributed by atoms with E-state index < -0.39 is 0 Å². The topological polar surface area (TPSA) is 65.4 Å². The van der Waals surface area contributed by atoms with Crippen molar-refractivity contribution in [1.29, 1.82) is 0 Å². The highest BCUT2D eigenvalue weighted by Gasteiger charge is 2.24. The largest absolute Gasteiger partial charge is 0.493 e. The van der Waals surface area contributed by atoms with Crippen molar-refractivity contribution in [3.05, 3.63) is 126 Å². The van der Waals surface area contributed by atoms with E-state index in [9.17, 15) is 9.18 Å². The fourth-order valence-corrected chi connectivity index (χ4v) is 5.08. The van der Waals surface area contributed by atoms with Gasteiger partial charge in [-0.3, -0.25) is 9.78 Å². The number of carbonyl (C=O) groups is 1. The maximum Gasteiger partial charge on any atom is 0.220 e. The fraction of sp³-hybridized carbons (Fsp3) is 0.212. The lowest BCUT2D eigenvalue weighted by Gasteiger charge is -2.19. The Bertz CT molecular complexity index is 1580. The number of nitrogens with one attached hydrogen (secondary N) is 1. The second-order valence-corrected chi connectivity index (χ2v) is 9.65. The molecule has 0 saturated carbocycles. The molecule has 1 amide bonds. The average molecular weight is 538 g/mol. The summed E-state index contributed by atoms with van der Waals surface area (Å²) in [5.74, 6) is 0.684. The number of hydrogen-bond acceptors (Lipinski definition) is 4. The van der Waals surface area contributed by atoms with Gasteiger partial charge in [0.25, 0.3) is 0 Å². The van der Waals surface area contributed by atoms with E-state index in [2.05, 4.69) is 33.2 Å². The molecule has 0 radical (unpaired) electrons. The highest BCUT2D eigenvalue weighted by molar-refractivity contribution is 5.87. The van der Waals surface area contributed by atoms with Crippen LogP contribution >= 0.6 is 0 Å². The van der Waals surface area contributed by atoms with Crippen LogP contribution in [0, 0.1) is 5.82 Å².